The van der Waals surface area contributed by atoms with Crippen molar-refractivity contribution in [2.75, 3.05) is 10.5 Å². The topological polar surface area (TPSA) is 72.2 Å². The fourth-order valence-corrected chi connectivity index (χ4v) is 3.86. The quantitative estimate of drug-likeness (QED) is 0.871. The van der Waals surface area contributed by atoms with Gasteiger partial charge in [0, 0.05) is 15.5 Å². The number of sulfonamides is 1. The highest BCUT2D eigenvalue weighted by Crippen LogP contribution is 2.28. The molecular formula is C10H8BrClN2O2S2. The van der Waals surface area contributed by atoms with E-state index in [0.29, 0.717) is 20.9 Å². The van der Waals surface area contributed by atoms with Crippen LogP contribution in [-0.2, 0) is 10.0 Å². The predicted octanol–water partition coefficient (Wildman–Crippen LogP) is 3.55. The Labute approximate surface area is 122 Å². The first-order valence-electron chi connectivity index (χ1n) is 4.70. The molecule has 0 saturated carbocycles. The number of halogens is 2. The third-order valence-corrected chi connectivity index (χ3v) is 6.09. The first-order chi connectivity index (χ1) is 8.38. The van der Waals surface area contributed by atoms with Crippen molar-refractivity contribution in [2.24, 2.45) is 0 Å². The van der Waals surface area contributed by atoms with Crippen LogP contribution in [0.25, 0.3) is 0 Å². The summed E-state index contributed by atoms with van der Waals surface area (Å²) in [4.78, 5) is 0. The van der Waals surface area contributed by atoms with E-state index in [9.17, 15) is 8.42 Å². The summed E-state index contributed by atoms with van der Waals surface area (Å²) in [5.74, 6) is 0. The van der Waals surface area contributed by atoms with E-state index in [0.717, 1.165) is 11.3 Å². The molecule has 96 valence electrons. The van der Waals surface area contributed by atoms with Gasteiger partial charge in [-0.15, -0.1) is 11.3 Å². The van der Waals surface area contributed by atoms with E-state index in [1.165, 1.54) is 6.07 Å². The summed E-state index contributed by atoms with van der Waals surface area (Å²) >= 11 is 10.1. The lowest BCUT2D eigenvalue weighted by Crippen LogP contribution is -2.11. The van der Waals surface area contributed by atoms with Gasteiger partial charge in [-0.05, 0) is 40.2 Å². The van der Waals surface area contributed by atoms with Gasteiger partial charge in [-0.25, -0.2) is 8.42 Å². The molecule has 0 atom stereocenters. The van der Waals surface area contributed by atoms with Crippen LogP contribution in [0.4, 0.5) is 11.4 Å². The zero-order valence-corrected chi connectivity index (χ0v) is 12.8. The standard InChI is InChI=1S/C10H8BrClN2O2S2/c11-8-4-7(1-2-9(8)12)14-18(15,16)10-3-6(13)5-17-10/h1-5,14H,13H2. The lowest BCUT2D eigenvalue weighted by atomic mass is 10.3. The van der Waals surface area contributed by atoms with E-state index in [-0.39, 0.29) is 4.21 Å². The fraction of sp³-hybridized carbons (Fsp3) is 0. The van der Waals surface area contributed by atoms with Crippen molar-refractivity contribution in [2.45, 2.75) is 4.21 Å². The molecule has 0 spiro atoms. The number of nitrogens with one attached hydrogen (secondary N) is 1. The van der Waals surface area contributed by atoms with Gasteiger partial charge in [0.05, 0.1) is 10.7 Å². The summed E-state index contributed by atoms with van der Waals surface area (Å²) in [5.41, 5.74) is 6.36. The Kier molecular flexibility index (Phi) is 3.86. The number of thiophene rings is 1. The molecule has 3 N–H and O–H groups in total. The van der Waals surface area contributed by atoms with Gasteiger partial charge in [-0.1, -0.05) is 11.6 Å². The molecule has 1 heterocycles. The highest BCUT2D eigenvalue weighted by molar-refractivity contribution is 9.10. The molecule has 18 heavy (non-hydrogen) atoms. The van der Waals surface area contributed by atoms with Crippen LogP contribution in [0.15, 0.2) is 38.3 Å². The molecule has 1 aromatic heterocycles. The Hall–Kier alpha value is -0.760. The smallest absolute Gasteiger partial charge is 0.271 e. The maximum atomic E-state index is 12.0. The molecule has 0 aliphatic carbocycles. The van der Waals surface area contributed by atoms with Gasteiger partial charge in [0.15, 0.2) is 0 Å². The maximum Gasteiger partial charge on any atom is 0.271 e. The van der Waals surface area contributed by atoms with Crippen LogP contribution in [0.2, 0.25) is 5.02 Å². The van der Waals surface area contributed by atoms with Crippen LogP contribution in [0.3, 0.4) is 0 Å². The molecule has 8 heteroatoms. The monoisotopic (exact) mass is 366 g/mol. The zero-order valence-electron chi connectivity index (χ0n) is 8.85. The van der Waals surface area contributed by atoms with E-state index in [4.69, 9.17) is 17.3 Å². The van der Waals surface area contributed by atoms with E-state index in [1.807, 2.05) is 0 Å². The summed E-state index contributed by atoms with van der Waals surface area (Å²) in [6.45, 7) is 0. The van der Waals surface area contributed by atoms with Gasteiger partial charge >= 0.3 is 0 Å². The van der Waals surface area contributed by atoms with E-state index >= 15 is 0 Å². The molecule has 2 rings (SSSR count). The molecule has 2 aromatic rings. The summed E-state index contributed by atoms with van der Waals surface area (Å²) in [5, 5.41) is 2.09. The number of hydrogen-bond acceptors (Lipinski definition) is 4. The molecule has 0 aliphatic rings. The Bertz CT molecular complexity index is 685. The average molecular weight is 368 g/mol. The number of nitrogens with two attached hydrogens (primary N) is 1. The normalized spacial score (nSPS) is 11.4. The minimum atomic E-state index is -3.60. The molecule has 0 fully saturated rings. The molecule has 0 aliphatic heterocycles. The summed E-state index contributed by atoms with van der Waals surface area (Å²) in [6, 6.07) is 6.20. The van der Waals surface area contributed by atoms with Crippen LogP contribution >= 0.6 is 38.9 Å². The SMILES string of the molecule is Nc1csc(S(=O)(=O)Nc2ccc(Cl)c(Br)c2)c1. The second-order valence-electron chi connectivity index (χ2n) is 3.43. The Morgan fingerprint density at radius 2 is 2.06 bits per heavy atom. The lowest BCUT2D eigenvalue weighted by molar-refractivity contribution is 0.603. The van der Waals surface area contributed by atoms with Crippen molar-refractivity contribution >= 4 is 60.3 Å². The minimum Gasteiger partial charge on any atom is -0.398 e. The molecule has 0 amide bonds. The number of hydrogen-bond donors (Lipinski definition) is 2. The fourth-order valence-electron chi connectivity index (χ4n) is 1.24. The first kappa shape index (κ1) is 13.7. The highest BCUT2D eigenvalue weighted by atomic mass is 79.9. The molecule has 0 bridgehead atoms. The van der Waals surface area contributed by atoms with Gasteiger partial charge in [0.2, 0.25) is 0 Å². The second kappa shape index (κ2) is 5.08. The Balaban J connectivity index is 2.30. The van der Waals surface area contributed by atoms with Crippen LogP contribution in [0.5, 0.6) is 0 Å². The molecule has 0 unspecified atom stereocenters. The van der Waals surface area contributed by atoms with Gasteiger partial charge in [-0.3, -0.25) is 4.72 Å². The molecule has 4 nitrogen and oxygen atoms in total. The van der Waals surface area contributed by atoms with Gasteiger partial charge in [-0.2, -0.15) is 0 Å². The minimum absolute atomic E-state index is 0.172. The molecule has 0 radical (unpaired) electrons. The second-order valence-corrected chi connectivity index (χ2v) is 7.52. The van der Waals surface area contributed by atoms with Gasteiger partial charge in [0.1, 0.15) is 4.21 Å². The number of rotatable bonds is 3. The summed E-state index contributed by atoms with van der Waals surface area (Å²) in [6.07, 6.45) is 0. The van der Waals surface area contributed by atoms with E-state index in [2.05, 4.69) is 20.7 Å². The third-order valence-electron chi connectivity index (χ3n) is 2.03. The molecular weight excluding hydrogens is 360 g/mol. The van der Waals surface area contributed by atoms with Gasteiger partial charge < -0.3 is 5.73 Å². The number of benzene rings is 1. The van der Waals surface area contributed by atoms with Crippen molar-refractivity contribution in [3.8, 4) is 0 Å². The van der Waals surface area contributed by atoms with E-state index < -0.39 is 10.0 Å². The van der Waals surface area contributed by atoms with Crippen molar-refractivity contribution in [3.63, 3.8) is 0 Å². The predicted molar refractivity (Wildman–Crippen MR) is 78.7 cm³/mol. The third kappa shape index (κ3) is 2.97. The first-order valence-corrected chi connectivity index (χ1v) is 8.24. The van der Waals surface area contributed by atoms with Crippen molar-refractivity contribution < 1.29 is 8.42 Å². The largest absolute Gasteiger partial charge is 0.398 e. The molecule has 1 aromatic carbocycles. The van der Waals surface area contributed by atoms with E-state index in [1.54, 1.807) is 23.6 Å². The maximum absolute atomic E-state index is 12.0. The van der Waals surface area contributed by atoms with Crippen molar-refractivity contribution in [1.29, 1.82) is 0 Å². The summed E-state index contributed by atoms with van der Waals surface area (Å²) in [7, 11) is -3.60. The van der Waals surface area contributed by atoms with Crippen LogP contribution in [-0.4, -0.2) is 8.42 Å². The van der Waals surface area contributed by atoms with Gasteiger partial charge in [0.25, 0.3) is 10.0 Å². The molecule has 0 saturated heterocycles. The van der Waals surface area contributed by atoms with Crippen molar-refractivity contribution in [1.82, 2.24) is 0 Å². The van der Waals surface area contributed by atoms with Crippen LogP contribution < -0.4 is 10.5 Å². The number of anilines is 2. The number of nitrogen functional groups attached to an aromatic ring is 1. The van der Waals surface area contributed by atoms with Crippen molar-refractivity contribution in [3.05, 3.63) is 39.1 Å². The zero-order chi connectivity index (χ0) is 13.3. The van der Waals surface area contributed by atoms with Crippen LogP contribution in [0.1, 0.15) is 0 Å². The Morgan fingerprint density at radius 3 is 2.61 bits per heavy atom. The lowest BCUT2D eigenvalue weighted by Gasteiger charge is -2.07. The van der Waals surface area contributed by atoms with Crippen LogP contribution in [0, 0.1) is 0 Å². The highest BCUT2D eigenvalue weighted by Gasteiger charge is 2.16. The average Bonchev–Trinajstić information content (AvgIpc) is 2.71. The Morgan fingerprint density at radius 1 is 1.33 bits per heavy atom. The summed E-state index contributed by atoms with van der Waals surface area (Å²) < 4.78 is 27.3.